The van der Waals surface area contributed by atoms with E-state index >= 15 is 0 Å². The first-order chi connectivity index (χ1) is 7.91. The van der Waals surface area contributed by atoms with Gasteiger partial charge in [-0.3, -0.25) is 4.57 Å². The summed E-state index contributed by atoms with van der Waals surface area (Å²) in [4.78, 5) is 0. The molecule has 0 fully saturated rings. The van der Waals surface area contributed by atoms with Crippen molar-refractivity contribution in [3.63, 3.8) is 0 Å². The second-order valence-electron chi connectivity index (χ2n) is 4.50. The Hall–Kier alpha value is 0.190. The lowest BCUT2D eigenvalue weighted by Gasteiger charge is -2.02. The third kappa shape index (κ3) is 14.2. The molecule has 0 rings (SSSR count). The van der Waals surface area contributed by atoms with Gasteiger partial charge in [-0.05, 0) is 6.42 Å². The lowest BCUT2D eigenvalue weighted by molar-refractivity contribution is 0.328. The summed E-state index contributed by atoms with van der Waals surface area (Å²) in [6.45, 7) is 2.95. The van der Waals surface area contributed by atoms with Crippen LogP contribution in [0.3, 0.4) is 0 Å². The third-order valence-electron chi connectivity index (χ3n) is 2.93. The number of hydrogen-bond donors (Lipinski definition) is 0. The Kier molecular flexibility index (Phi) is 15.4. The number of hydrogen-bond acceptors (Lipinski definition) is 2. The molecule has 0 aliphatic rings. The molecule has 0 aromatic heterocycles. The van der Waals surface area contributed by atoms with Crippen LogP contribution in [0.15, 0.2) is 0 Å². The minimum atomic E-state index is -0.987. The molecule has 0 aliphatic carbocycles. The summed E-state index contributed by atoms with van der Waals surface area (Å²) >= 11 is 0. The van der Waals surface area contributed by atoms with E-state index in [0.717, 1.165) is 6.42 Å². The van der Waals surface area contributed by atoms with E-state index in [0.29, 0.717) is 6.61 Å². The molecule has 0 heterocycles. The zero-order valence-electron chi connectivity index (χ0n) is 10.9. The van der Waals surface area contributed by atoms with Gasteiger partial charge in [-0.1, -0.05) is 71.1 Å². The molecule has 98 valence electrons. The molecule has 0 radical (unpaired) electrons. The quantitative estimate of drug-likeness (QED) is 0.339. The van der Waals surface area contributed by atoms with Crippen LogP contribution in [0.2, 0.25) is 0 Å². The van der Waals surface area contributed by atoms with E-state index in [1.54, 1.807) is 0 Å². The topological polar surface area (TPSA) is 26.3 Å². The highest BCUT2D eigenvalue weighted by atomic mass is 31.1. The van der Waals surface area contributed by atoms with Crippen LogP contribution < -0.4 is 0 Å². The van der Waals surface area contributed by atoms with E-state index in [9.17, 15) is 4.57 Å². The molecule has 2 nitrogen and oxygen atoms in total. The number of rotatable bonds is 13. The van der Waals surface area contributed by atoms with Gasteiger partial charge < -0.3 is 4.52 Å². The molecule has 0 aromatic carbocycles. The summed E-state index contributed by atoms with van der Waals surface area (Å²) in [7, 11) is -0.987. The van der Waals surface area contributed by atoms with Gasteiger partial charge in [0.05, 0.1) is 6.61 Å². The zero-order chi connectivity index (χ0) is 11.9. The fraction of sp³-hybridized carbons (Fsp3) is 1.00. The fourth-order valence-electron chi connectivity index (χ4n) is 1.90. The van der Waals surface area contributed by atoms with Crippen LogP contribution >= 0.6 is 8.69 Å². The van der Waals surface area contributed by atoms with E-state index in [4.69, 9.17) is 4.52 Å². The van der Waals surface area contributed by atoms with Crippen molar-refractivity contribution in [1.82, 2.24) is 0 Å². The number of unbranched alkanes of at least 4 members (excludes halogenated alkanes) is 10. The molecule has 0 bridgehead atoms. The Morgan fingerprint density at radius 1 is 0.750 bits per heavy atom. The molecule has 3 heteroatoms. The van der Waals surface area contributed by atoms with Crippen molar-refractivity contribution in [3.05, 3.63) is 0 Å². The normalized spacial score (nSPS) is 11.6. The van der Waals surface area contributed by atoms with Gasteiger partial charge in [-0.2, -0.15) is 0 Å². The first-order valence-electron chi connectivity index (χ1n) is 6.97. The zero-order valence-corrected chi connectivity index (χ0v) is 12.0. The first-order valence-corrected chi connectivity index (χ1v) is 7.91. The van der Waals surface area contributed by atoms with Gasteiger partial charge in [0.25, 0.3) is 0 Å². The van der Waals surface area contributed by atoms with Crippen LogP contribution in [0.25, 0.3) is 0 Å². The van der Waals surface area contributed by atoms with Crippen LogP contribution in [-0.2, 0) is 9.09 Å². The van der Waals surface area contributed by atoms with Crippen LogP contribution in [0.4, 0.5) is 0 Å². The van der Waals surface area contributed by atoms with E-state index in [2.05, 4.69) is 6.92 Å². The smallest absolute Gasteiger partial charge is 0.179 e. The highest BCUT2D eigenvalue weighted by Crippen LogP contribution is 2.11. The molecule has 0 amide bonds. The average molecular weight is 248 g/mol. The van der Waals surface area contributed by atoms with Crippen molar-refractivity contribution >= 4 is 8.69 Å². The van der Waals surface area contributed by atoms with Gasteiger partial charge in [0.15, 0.2) is 8.69 Å². The molecule has 1 atom stereocenters. The Bertz CT molecular complexity index is 140. The summed E-state index contributed by atoms with van der Waals surface area (Å²) in [5.74, 6) is 0. The maximum Gasteiger partial charge on any atom is 0.179 e. The standard InChI is InChI=1S/C13H29O2P/c1-2-3-4-5-6-7-8-9-10-11-12-13-15-16-14/h2-13,16H2,1H3. The van der Waals surface area contributed by atoms with Crippen molar-refractivity contribution in [2.45, 2.75) is 77.6 Å². The summed E-state index contributed by atoms with van der Waals surface area (Å²) in [5, 5.41) is 0. The first kappa shape index (κ1) is 16.2. The van der Waals surface area contributed by atoms with Crippen molar-refractivity contribution in [1.29, 1.82) is 0 Å². The summed E-state index contributed by atoms with van der Waals surface area (Å²) in [5.41, 5.74) is 0. The lowest BCUT2D eigenvalue weighted by Crippen LogP contribution is -1.85. The van der Waals surface area contributed by atoms with Crippen molar-refractivity contribution < 1.29 is 9.09 Å². The molecule has 0 spiro atoms. The molecular weight excluding hydrogens is 219 g/mol. The maximum atomic E-state index is 10.1. The second kappa shape index (κ2) is 15.2. The molecule has 0 aromatic rings. The molecule has 0 N–H and O–H groups in total. The van der Waals surface area contributed by atoms with Gasteiger partial charge in [-0.15, -0.1) is 0 Å². The molecule has 0 saturated heterocycles. The fourth-order valence-corrected chi connectivity index (χ4v) is 2.16. The highest BCUT2D eigenvalue weighted by Gasteiger charge is 1.92. The van der Waals surface area contributed by atoms with Gasteiger partial charge in [0, 0.05) is 0 Å². The maximum absolute atomic E-state index is 10.1. The molecule has 16 heavy (non-hydrogen) atoms. The third-order valence-corrected chi connectivity index (χ3v) is 3.31. The predicted octanol–water partition coefficient (Wildman–Crippen LogP) is 4.99. The molecule has 1 unspecified atom stereocenters. The Morgan fingerprint density at radius 3 is 1.62 bits per heavy atom. The summed E-state index contributed by atoms with van der Waals surface area (Å²) in [6, 6.07) is 0. The van der Waals surface area contributed by atoms with Gasteiger partial charge in [0.1, 0.15) is 0 Å². The Labute approximate surface area is 102 Å². The Morgan fingerprint density at radius 2 is 1.19 bits per heavy atom. The minimum Gasteiger partial charge on any atom is -0.332 e. The highest BCUT2D eigenvalue weighted by molar-refractivity contribution is 7.17. The monoisotopic (exact) mass is 248 g/mol. The molecule has 0 aliphatic heterocycles. The van der Waals surface area contributed by atoms with Crippen molar-refractivity contribution in [2.24, 2.45) is 0 Å². The Balaban J connectivity index is 2.85. The summed E-state index contributed by atoms with van der Waals surface area (Å²) in [6.07, 6.45) is 14.8. The van der Waals surface area contributed by atoms with E-state index in [1.165, 1.54) is 64.2 Å². The minimum absolute atomic E-state index is 0.690. The summed E-state index contributed by atoms with van der Waals surface area (Å²) < 4.78 is 14.9. The average Bonchev–Trinajstić information content (AvgIpc) is 2.31. The SMILES string of the molecule is CCCCCCCCCCCCCO[PH2]=O. The van der Waals surface area contributed by atoms with Gasteiger partial charge >= 0.3 is 0 Å². The van der Waals surface area contributed by atoms with E-state index in [1.807, 2.05) is 0 Å². The predicted molar refractivity (Wildman–Crippen MR) is 72.8 cm³/mol. The lowest BCUT2D eigenvalue weighted by atomic mass is 10.1. The largest absolute Gasteiger partial charge is 0.332 e. The second-order valence-corrected chi connectivity index (χ2v) is 5.03. The van der Waals surface area contributed by atoms with Crippen LogP contribution in [0.5, 0.6) is 0 Å². The van der Waals surface area contributed by atoms with Crippen LogP contribution in [0.1, 0.15) is 77.6 Å². The molecule has 0 saturated carbocycles. The van der Waals surface area contributed by atoms with Gasteiger partial charge in [0.2, 0.25) is 0 Å². The molecular formula is C13H29O2P. The van der Waals surface area contributed by atoms with Crippen LogP contribution in [-0.4, -0.2) is 6.61 Å². The van der Waals surface area contributed by atoms with Crippen molar-refractivity contribution in [2.75, 3.05) is 6.61 Å². The van der Waals surface area contributed by atoms with Crippen LogP contribution in [0, 0.1) is 0 Å². The van der Waals surface area contributed by atoms with E-state index in [-0.39, 0.29) is 0 Å². The van der Waals surface area contributed by atoms with E-state index < -0.39 is 8.69 Å². The van der Waals surface area contributed by atoms with Gasteiger partial charge in [-0.25, -0.2) is 0 Å². The van der Waals surface area contributed by atoms with Crippen molar-refractivity contribution in [3.8, 4) is 0 Å².